The second-order valence-electron chi connectivity index (χ2n) is 17.7. The van der Waals surface area contributed by atoms with Crippen LogP contribution in [-0.2, 0) is 5.41 Å². The first-order valence-electron chi connectivity index (χ1n) is 23.3. The van der Waals surface area contributed by atoms with Crippen LogP contribution in [0.3, 0.4) is 0 Å². The van der Waals surface area contributed by atoms with Crippen LogP contribution in [0.25, 0.3) is 78.7 Å². The van der Waals surface area contributed by atoms with Crippen molar-refractivity contribution < 1.29 is 0 Å². The average molecular weight is 898 g/mol. The van der Waals surface area contributed by atoms with E-state index in [0.29, 0.717) is 5.82 Å². The second-order valence-corrected chi connectivity index (χ2v) is 18.8. The van der Waals surface area contributed by atoms with Gasteiger partial charge in [-0.05, 0) is 93.5 Å². The normalized spacial score (nSPS) is 14.6. The molecule has 1 aliphatic heterocycles. The van der Waals surface area contributed by atoms with Gasteiger partial charge in [-0.1, -0.05) is 182 Å². The predicted molar refractivity (Wildman–Crippen MR) is 280 cm³/mol. The van der Waals surface area contributed by atoms with Gasteiger partial charge >= 0.3 is 0 Å². The Morgan fingerprint density at radius 1 is 0.391 bits per heavy atom. The van der Waals surface area contributed by atoms with Gasteiger partial charge in [-0.25, -0.2) is 9.97 Å². The Kier molecular flexibility index (Phi) is 8.98. The van der Waals surface area contributed by atoms with Crippen LogP contribution >= 0.6 is 11.8 Å². The molecule has 4 heterocycles. The van der Waals surface area contributed by atoms with Crippen LogP contribution in [0.2, 0.25) is 0 Å². The Balaban J connectivity index is 0.935. The Morgan fingerprint density at radius 3 is 1.78 bits per heavy atom. The minimum atomic E-state index is -0.655. The zero-order valence-corrected chi connectivity index (χ0v) is 38.0. The molecule has 1 unspecified atom stereocenters. The van der Waals surface area contributed by atoms with Gasteiger partial charge < -0.3 is 4.90 Å². The molecule has 3 aliphatic rings. The number of fused-ring (bicyclic) bond motifs is 13. The molecule has 0 saturated heterocycles. The van der Waals surface area contributed by atoms with Gasteiger partial charge in [-0.2, -0.15) is 0 Å². The van der Waals surface area contributed by atoms with Gasteiger partial charge in [0.2, 0.25) is 0 Å². The fraction of sp³-hybridized carbons (Fsp3) is 0.0159. The van der Waals surface area contributed by atoms with E-state index in [2.05, 4.69) is 217 Å². The van der Waals surface area contributed by atoms with Crippen LogP contribution in [0, 0.1) is 0 Å². The molecule has 3 aromatic heterocycles. The number of rotatable bonds is 6. The Labute approximate surface area is 404 Å². The lowest BCUT2D eigenvalue weighted by Gasteiger charge is -2.35. The van der Waals surface area contributed by atoms with Crippen LogP contribution in [0.15, 0.2) is 247 Å². The lowest BCUT2D eigenvalue weighted by Crippen LogP contribution is -2.26. The second kappa shape index (κ2) is 15.7. The highest BCUT2D eigenvalue weighted by molar-refractivity contribution is 8.00. The maximum Gasteiger partial charge on any atom is 0.160 e. The first kappa shape index (κ1) is 39.5. The fourth-order valence-electron chi connectivity index (χ4n) is 10.9. The van der Waals surface area contributed by atoms with Gasteiger partial charge in [0, 0.05) is 61.3 Å². The van der Waals surface area contributed by atoms with Crippen molar-refractivity contribution in [3.63, 3.8) is 0 Å². The van der Waals surface area contributed by atoms with Crippen molar-refractivity contribution in [2.24, 2.45) is 0 Å². The monoisotopic (exact) mass is 897 g/mol. The fourth-order valence-corrected chi connectivity index (χ4v) is 12.1. The van der Waals surface area contributed by atoms with Crippen LogP contribution in [0.1, 0.15) is 22.3 Å². The van der Waals surface area contributed by atoms with Crippen molar-refractivity contribution >= 4 is 28.8 Å². The third-order valence-corrected chi connectivity index (χ3v) is 15.2. The van der Waals surface area contributed by atoms with Crippen LogP contribution in [0.5, 0.6) is 0 Å². The van der Waals surface area contributed by atoms with E-state index < -0.39 is 5.41 Å². The maximum absolute atomic E-state index is 5.34. The van der Waals surface area contributed by atoms with E-state index in [0.717, 1.165) is 67.4 Å². The SMILES string of the molecule is c1ccc(-c2ccc(N3c4ccccc4Sc4c3ccc3c4-c4ccccc4C34c3cccnc3-c3ncc(-c5cccc(-c6nc(-c7ccccc7)cc(-c7ccccc7)n6)c5)cc34)cc2)cc1. The van der Waals surface area contributed by atoms with Gasteiger partial charge in [-0.15, -0.1) is 0 Å². The lowest BCUT2D eigenvalue weighted by atomic mass is 9.70. The molecule has 0 amide bonds. The molecule has 6 heteroatoms. The van der Waals surface area contributed by atoms with Gasteiger partial charge in [0.25, 0.3) is 0 Å². The third kappa shape index (κ3) is 6.12. The molecule has 5 nitrogen and oxygen atoms in total. The number of anilines is 3. The number of hydrogen-bond acceptors (Lipinski definition) is 6. The van der Waals surface area contributed by atoms with E-state index >= 15 is 0 Å². The molecule has 69 heavy (non-hydrogen) atoms. The number of benzene rings is 8. The highest BCUT2D eigenvalue weighted by Crippen LogP contribution is 2.66. The molecule has 14 rings (SSSR count). The lowest BCUT2D eigenvalue weighted by molar-refractivity contribution is 0.788. The van der Waals surface area contributed by atoms with E-state index in [-0.39, 0.29) is 0 Å². The molecular formula is C63H39N5S. The number of aromatic nitrogens is 4. The molecule has 1 atom stereocenters. The summed E-state index contributed by atoms with van der Waals surface area (Å²) in [5, 5.41) is 0. The topological polar surface area (TPSA) is 54.8 Å². The summed E-state index contributed by atoms with van der Waals surface area (Å²) in [5.74, 6) is 0.669. The highest BCUT2D eigenvalue weighted by atomic mass is 32.2. The third-order valence-electron chi connectivity index (χ3n) is 14.0. The molecule has 0 fully saturated rings. The summed E-state index contributed by atoms with van der Waals surface area (Å²) in [6, 6.07) is 80.2. The summed E-state index contributed by atoms with van der Waals surface area (Å²) in [6.07, 6.45) is 3.91. The Morgan fingerprint density at radius 2 is 1.01 bits per heavy atom. The van der Waals surface area contributed by atoms with E-state index in [4.69, 9.17) is 19.9 Å². The van der Waals surface area contributed by atoms with E-state index in [1.54, 1.807) is 0 Å². The van der Waals surface area contributed by atoms with Crippen molar-refractivity contribution in [1.82, 2.24) is 19.9 Å². The number of nitrogens with zero attached hydrogens (tertiary/aromatic N) is 5. The van der Waals surface area contributed by atoms with Crippen LogP contribution < -0.4 is 4.90 Å². The van der Waals surface area contributed by atoms with Gasteiger partial charge in [0.05, 0.1) is 39.6 Å². The van der Waals surface area contributed by atoms with Crippen molar-refractivity contribution in [1.29, 1.82) is 0 Å². The minimum Gasteiger partial charge on any atom is -0.308 e. The van der Waals surface area contributed by atoms with E-state index in [1.165, 1.54) is 54.5 Å². The highest BCUT2D eigenvalue weighted by Gasteiger charge is 2.54. The van der Waals surface area contributed by atoms with E-state index in [9.17, 15) is 0 Å². The summed E-state index contributed by atoms with van der Waals surface area (Å²) >= 11 is 1.87. The first-order valence-corrected chi connectivity index (χ1v) is 24.1. The van der Waals surface area contributed by atoms with Gasteiger partial charge in [0.1, 0.15) is 0 Å². The zero-order chi connectivity index (χ0) is 45.5. The van der Waals surface area contributed by atoms with Crippen molar-refractivity contribution in [3.8, 4) is 78.7 Å². The zero-order valence-electron chi connectivity index (χ0n) is 37.2. The Bertz CT molecular complexity index is 3760. The molecule has 2 aliphatic carbocycles. The summed E-state index contributed by atoms with van der Waals surface area (Å²) in [4.78, 5) is 25.7. The standard InChI is InChI=1S/C63H39N5S/c1-4-16-40(17-5-1)41-29-31-47(32-30-41)68-55-27-12-13-28-57(55)69-61-56(68)34-33-50-58(61)48-24-10-11-25-49(48)63(50)51-26-15-35-64-59(51)60-52(63)37-46(39-65-60)44-22-14-23-45(36-44)62-66-53(42-18-6-2-7-19-42)38-54(67-62)43-20-8-3-9-21-43/h1-39H. The molecule has 8 aromatic carbocycles. The molecule has 0 N–H and O–H groups in total. The quantitative estimate of drug-likeness (QED) is 0.166. The smallest absolute Gasteiger partial charge is 0.160 e. The van der Waals surface area contributed by atoms with Crippen molar-refractivity contribution in [3.05, 3.63) is 259 Å². The van der Waals surface area contributed by atoms with Crippen LogP contribution in [-0.4, -0.2) is 19.9 Å². The molecule has 0 radical (unpaired) electrons. The number of hydrogen-bond donors (Lipinski definition) is 0. The predicted octanol–water partition coefficient (Wildman–Crippen LogP) is 15.9. The largest absolute Gasteiger partial charge is 0.308 e. The summed E-state index contributed by atoms with van der Waals surface area (Å²) < 4.78 is 0. The maximum atomic E-state index is 5.34. The summed E-state index contributed by atoms with van der Waals surface area (Å²) in [5.41, 5.74) is 21.1. The Hall–Kier alpha value is -8.71. The van der Waals surface area contributed by atoms with Gasteiger partial charge in [-0.3, -0.25) is 9.97 Å². The molecule has 0 bridgehead atoms. The van der Waals surface area contributed by atoms with Crippen molar-refractivity contribution in [2.75, 3.05) is 4.90 Å². The molecule has 322 valence electrons. The van der Waals surface area contributed by atoms with Crippen LogP contribution in [0.4, 0.5) is 17.1 Å². The molecule has 11 aromatic rings. The number of pyridine rings is 2. The minimum absolute atomic E-state index is 0.655. The molecule has 0 saturated carbocycles. The first-order chi connectivity index (χ1) is 34.2. The summed E-state index contributed by atoms with van der Waals surface area (Å²) in [7, 11) is 0. The van der Waals surface area contributed by atoms with Crippen molar-refractivity contribution in [2.45, 2.75) is 15.2 Å². The molecular weight excluding hydrogens is 859 g/mol. The summed E-state index contributed by atoms with van der Waals surface area (Å²) in [6.45, 7) is 0. The van der Waals surface area contributed by atoms with Gasteiger partial charge in [0.15, 0.2) is 5.82 Å². The van der Waals surface area contributed by atoms with E-state index in [1.807, 2.05) is 36.3 Å². The number of para-hydroxylation sites is 1. The average Bonchev–Trinajstić information content (AvgIpc) is 3.90. The molecule has 1 spiro atoms.